The van der Waals surface area contributed by atoms with Crippen molar-refractivity contribution in [3.63, 3.8) is 0 Å². The zero-order valence-electron chi connectivity index (χ0n) is 22.9. The molecule has 1 aromatic carbocycles. The predicted octanol–water partition coefficient (Wildman–Crippen LogP) is 7.82. The lowest BCUT2D eigenvalue weighted by molar-refractivity contribution is -0.142. The number of fused-ring (bicyclic) bond motifs is 2. The Hall–Kier alpha value is -3.25. The highest BCUT2D eigenvalue weighted by atomic mass is 79.9. The summed E-state index contributed by atoms with van der Waals surface area (Å²) in [6.45, 7) is 8.40. The molecule has 0 saturated heterocycles. The number of nitrogens with zero attached hydrogens (tertiary/aromatic N) is 3. The van der Waals surface area contributed by atoms with Crippen molar-refractivity contribution in [1.29, 1.82) is 0 Å². The number of carbonyl (C=O) groups is 2. The van der Waals surface area contributed by atoms with Crippen LogP contribution in [0.25, 0.3) is 16.9 Å². The molecule has 12 heteroatoms. The predicted molar refractivity (Wildman–Crippen MR) is 154 cm³/mol. The molecule has 41 heavy (non-hydrogen) atoms. The Balaban J connectivity index is 1.57. The Bertz CT molecular complexity index is 1640. The first kappa shape index (κ1) is 29.2. The first-order valence-electron chi connectivity index (χ1n) is 13.1. The van der Waals surface area contributed by atoms with E-state index < -0.39 is 23.7 Å². The van der Waals surface area contributed by atoms with Gasteiger partial charge in [0.2, 0.25) is 0 Å². The molecular formula is C29H28BrF3N4O3S. The number of nitrogens with one attached hydrogen (secondary N) is 1. The average molecular weight is 650 g/mol. The third-order valence-corrected chi connectivity index (χ3v) is 9.20. The van der Waals surface area contributed by atoms with Crippen LogP contribution in [0.2, 0.25) is 0 Å². The molecule has 1 atom stereocenters. The first-order valence-corrected chi connectivity index (χ1v) is 14.8. The van der Waals surface area contributed by atoms with Crippen molar-refractivity contribution in [2.24, 2.45) is 11.3 Å². The molecular weight excluding hydrogens is 621 g/mol. The summed E-state index contributed by atoms with van der Waals surface area (Å²) >= 11 is 4.57. The van der Waals surface area contributed by atoms with E-state index in [0.717, 1.165) is 29.3 Å². The quantitative estimate of drug-likeness (QED) is 0.223. The molecule has 4 aromatic rings. The smallest absolute Gasteiger partial charge is 0.433 e. The van der Waals surface area contributed by atoms with E-state index in [4.69, 9.17) is 4.74 Å². The van der Waals surface area contributed by atoms with Crippen molar-refractivity contribution >= 4 is 49.8 Å². The number of hydrogen-bond acceptors (Lipinski definition) is 6. The topological polar surface area (TPSA) is 85.6 Å². The summed E-state index contributed by atoms with van der Waals surface area (Å²) < 4.78 is 48.3. The summed E-state index contributed by atoms with van der Waals surface area (Å²) in [4.78, 5) is 31.9. The maximum Gasteiger partial charge on any atom is 0.433 e. The Morgan fingerprint density at radius 3 is 2.54 bits per heavy atom. The number of esters is 1. The number of thiophene rings is 1. The van der Waals surface area contributed by atoms with Gasteiger partial charge in [0.1, 0.15) is 5.00 Å². The molecule has 5 rings (SSSR count). The van der Waals surface area contributed by atoms with Gasteiger partial charge in [-0.05, 0) is 65.1 Å². The van der Waals surface area contributed by atoms with E-state index in [1.54, 1.807) is 37.3 Å². The number of aromatic nitrogens is 3. The summed E-state index contributed by atoms with van der Waals surface area (Å²) in [5.74, 6) is -0.920. The summed E-state index contributed by atoms with van der Waals surface area (Å²) in [5, 5.41) is 7.05. The second-order valence-corrected chi connectivity index (χ2v) is 12.9. The zero-order chi connectivity index (χ0) is 29.7. The average Bonchev–Trinajstić information content (AvgIpc) is 3.44. The fraction of sp³-hybridized carbons (Fsp3) is 0.379. The molecule has 0 bridgehead atoms. The standard InChI is InChI=1S/C29H28BrF3N4O3S/c1-5-40-27(39)21-17-12-11-16(28(2,3)4)13-19(17)41-26(21)35-25(38)23-22(30)24-34-18(15-9-7-6-8-10-15)14-20(29(31,32)33)37(24)36-23/h6-10,14,16H,5,11-13H2,1-4H3,(H,35,38). The van der Waals surface area contributed by atoms with E-state index in [-0.39, 0.29) is 33.5 Å². The number of alkyl halides is 3. The lowest BCUT2D eigenvalue weighted by Gasteiger charge is -2.33. The third-order valence-electron chi connectivity index (χ3n) is 7.30. The summed E-state index contributed by atoms with van der Waals surface area (Å²) in [6.07, 6.45) is -2.46. The van der Waals surface area contributed by atoms with Crippen molar-refractivity contribution in [2.45, 2.75) is 53.1 Å². The molecule has 3 heterocycles. The van der Waals surface area contributed by atoms with Gasteiger partial charge >= 0.3 is 12.1 Å². The number of rotatable bonds is 5. The molecule has 1 aliphatic carbocycles. The second kappa shape index (κ2) is 10.9. The summed E-state index contributed by atoms with van der Waals surface area (Å²) in [6, 6.07) is 9.35. The monoisotopic (exact) mass is 648 g/mol. The van der Waals surface area contributed by atoms with Crippen LogP contribution >= 0.6 is 27.3 Å². The molecule has 3 aromatic heterocycles. The Labute approximate surface area is 247 Å². The minimum Gasteiger partial charge on any atom is -0.462 e. The largest absolute Gasteiger partial charge is 0.462 e. The van der Waals surface area contributed by atoms with Crippen molar-refractivity contribution < 1.29 is 27.5 Å². The number of benzene rings is 1. The van der Waals surface area contributed by atoms with Gasteiger partial charge in [0.05, 0.1) is 22.3 Å². The van der Waals surface area contributed by atoms with Gasteiger partial charge in [0, 0.05) is 10.4 Å². The molecule has 0 fully saturated rings. The van der Waals surface area contributed by atoms with E-state index in [1.807, 2.05) is 0 Å². The molecule has 0 aliphatic heterocycles. The van der Waals surface area contributed by atoms with Crippen molar-refractivity contribution in [1.82, 2.24) is 14.6 Å². The van der Waals surface area contributed by atoms with Crippen LogP contribution in [0.3, 0.4) is 0 Å². The van der Waals surface area contributed by atoms with Crippen LogP contribution in [0.1, 0.15) is 71.1 Å². The van der Waals surface area contributed by atoms with Gasteiger partial charge in [-0.3, -0.25) is 4.79 Å². The highest BCUT2D eigenvalue weighted by Crippen LogP contribution is 2.45. The number of carbonyl (C=O) groups excluding carboxylic acids is 2. The van der Waals surface area contributed by atoms with E-state index in [2.05, 4.69) is 52.1 Å². The molecule has 216 valence electrons. The second-order valence-electron chi connectivity index (χ2n) is 11.0. The number of amides is 1. The fourth-order valence-electron chi connectivity index (χ4n) is 5.09. The van der Waals surface area contributed by atoms with Crippen molar-refractivity contribution in [2.75, 3.05) is 11.9 Å². The van der Waals surface area contributed by atoms with E-state index in [0.29, 0.717) is 33.0 Å². The Morgan fingerprint density at radius 1 is 1.20 bits per heavy atom. The normalized spacial score (nSPS) is 15.6. The molecule has 0 saturated carbocycles. The van der Waals surface area contributed by atoms with E-state index >= 15 is 0 Å². The van der Waals surface area contributed by atoms with Crippen LogP contribution in [0.5, 0.6) is 0 Å². The molecule has 7 nitrogen and oxygen atoms in total. The lowest BCUT2D eigenvalue weighted by atomic mass is 9.72. The fourth-order valence-corrected chi connectivity index (χ4v) is 6.92. The maximum absolute atomic E-state index is 14.1. The molecule has 1 aliphatic rings. The van der Waals surface area contributed by atoms with Crippen LogP contribution in [-0.2, 0) is 23.8 Å². The molecule has 0 spiro atoms. The summed E-state index contributed by atoms with van der Waals surface area (Å²) in [5.41, 5.74) is 0.263. The lowest BCUT2D eigenvalue weighted by Crippen LogP contribution is -2.26. The van der Waals surface area contributed by atoms with Crippen molar-refractivity contribution in [3.05, 3.63) is 68.3 Å². The number of anilines is 1. The number of halogens is 4. The van der Waals surface area contributed by atoms with Crippen LogP contribution in [0.4, 0.5) is 18.2 Å². The molecule has 1 unspecified atom stereocenters. The van der Waals surface area contributed by atoms with Crippen molar-refractivity contribution in [3.8, 4) is 11.3 Å². The van der Waals surface area contributed by atoms with E-state index in [1.165, 1.54) is 11.3 Å². The van der Waals surface area contributed by atoms with Gasteiger partial charge in [-0.2, -0.15) is 18.3 Å². The summed E-state index contributed by atoms with van der Waals surface area (Å²) in [7, 11) is 0. The van der Waals surface area contributed by atoms with Gasteiger partial charge < -0.3 is 10.1 Å². The maximum atomic E-state index is 14.1. The van der Waals surface area contributed by atoms with Crippen LogP contribution in [-0.4, -0.2) is 33.1 Å². The van der Waals surface area contributed by atoms with Crippen LogP contribution < -0.4 is 5.32 Å². The van der Waals surface area contributed by atoms with E-state index in [9.17, 15) is 22.8 Å². The SMILES string of the molecule is CCOC(=O)c1c(NC(=O)c2nn3c(C(F)(F)F)cc(-c4ccccc4)nc3c2Br)sc2c1CCC(C(C)(C)C)C2. The van der Waals surface area contributed by atoms with Crippen LogP contribution in [0.15, 0.2) is 40.9 Å². The zero-order valence-corrected chi connectivity index (χ0v) is 25.3. The van der Waals surface area contributed by atoms with Gasteiger partial charge in [0.25, 0.3) is 5.91 Å². The molecule has 1 N–H and O–H groups in total. The third kappa shape index (κ3) is 5.63. The van der Waals surface area contributed by atoms with Gasteiger partial charge in [-0.25, -0.2) is 14.3 Å². The molecule has 1 amide bonds. The Kier molecular flexibility index (Phi) is 7.75. The minimum atomic E-state index is -4.77. The van der Waals surface area contributed by atoms with Gasteiger partial charge in [-0.15, -0.1) is 11.3 Å². The first-order chi connectivity index (χ1) is 19.3. The Morgan fingerprint density at radius 2 is 1.90 bits per heavy atom. The number of hydrogen-bond donors (Lipinski definition) is 1. The highest BCUT2D eigenvalue weighted by Gasteiger charge is 2.38. The van der Waals surface area contributed by atoms with Gasteiger partial charge in [-0.1, -0.05) is 51.1 Å². The van der Waals surface area contributed by atoms with Gasteiger partial charge in [0.15, 0.2) is 17.0 Å². The number of ether oxygens (including phenoxy) is 1. The molecule has 0 radical (unpaired) electrons. The minimum absolute atomic E-state index is 0.00471. The van der Waals surface area contributed by atoms with Crippen LogP contribution in [0, 0.1) is 11.3 Å². The highest BCUT2D eigenvalue weighted by molar-refractivity contribution is 9.10.